The minimum atomic E-state index is -0.963. The first-order valence-electron chi connectivity index (χ1n) is 7.46. The van der Waals surface area contributed by atoms with Crippen molar-refractivity contribution in [2.45, 2.75) is 38.5 Å². The number of unbranched alkanes of at least 4 members (excludes halogenated alkanes) is 4. The fourth-order valence-corrected chi connectivity index (χ4v) is 2.97. The van der Waals surface area contributed by atoms with Crippen LogP contribution in [0.5, 0.6) is 0 Å². The highest BCUT2D eigenvalue weighted by Gasteiger charge is 2.01. The molecule has 0 unspecified atom stereocenters. The van der Waals surface area contributed by atoms with Crippen LogP contribution in [0.15, 0.2) is 0 Å². The minimum absolute atomic E-state index is 0.262. The van der Waals surface area contributed by atoms with Gasteiger partial charge in [0.15, 0.2) is 0 Å². The van der Waals surface area contributed by atoms with E-state index in [1.54, 1.807) is 0 Å². The molecule has 0 amide bonds. The molecule has 0 bridgehead atoms. The van der Waals surface area contributed by atoms with Crippen LogP contribution in [0.2, 0.25) is 0 Å². The van der Waals surface area contributed by atoms with Gasteiger partial charge in [0.2, 0.25) is 0 Å². The van der Waals surface area contributed by atoms with Gasteiger partial charge in [0.1, 0.15) is 13.2 Å². The second-order valence-electron chi connectivity index (χ2n) is 4.86. The Kier molecular flexibility index (Phi) is 14.3. The Hall–Kier alpha value is -0.990. The zero-order valence-electron chi connectivity index (χ0n) is 12.8. The topological polar surface area (TPSA) is 110 Å². The van der Waals surface area contributed by atoms with E-state index >= 15 is 0 Å². The maximum absolute atomic E-state index is 11.7. The van der Waals surface area contributed by atoms with Gasteiger partial charge in [0, 0.05) is 35.5 Å². The van der Waals surface area contributed by atoms with Crippen LogP contribution >= 0.6 is 0 Å². The van der Waals surface area contributed by atoms with E-state index in [2.05, 4.69) is 0 Å². The van der Waals surface area contributed by atoms with Crippen molar-refractivity contribution in [1.82, 2.24) is 0 Å². The molecule has 0 heterocycles. The van der Waals surface area contributed by atoms with E-state index in [0.717, 1.165) is 38.5 Å². The third-order valence-electron chi connectivity index (χ3n) is 2.77. The van der Waals surface area contributed by atoms with Crippen LogP contribution in [0.4, 0.5) is 0 Å². The van der Waals surface area contributed by atoms with Crippen molar-refractivity contribution in [1.29, 1.82) is 0 Å². The summed E-state index contributed by atoms with van der Waals surface area (Å²) in [6.45, 7) is 0.328. The molecule has 130 valence electrons. The molecular formula is C14H26O7S. The summed E-state index contributed by atoms with van der Waals surface area (Å²) >= 11 is 0. The third-order valence-corrected chi connectivity index (χ3v) is 4.26. The van der Waals surface area contributed by atoms with Crippen LogP contribution in [-0.2, 0) is 29.9 Å². The van der Waals surface area contributed by atoms with Gasteiger partial charge in [0.05, 0.1) is 0 Å². The predicted octanol–water partition coefficient (Wildman–Crippen LogP) is 1.28. The molecule has 0 aromatic rings. The Morgan fingerprint density at radius 2 is 1.14 bits per heavy atom. The molecular weight excluding hydrogens is 312 g/mol. The van der Waals surface area contributed by atoms with Crippen LogP contribution in [-0.4, -0.2) is 64.3 Å². The standard InChI is InChI=1S/C14H26O7S/c15-13(16)11-20-7-3-1-5-9-22(19)10-6-2-4-8-21-12-14(17)18/h1-12H2,(H,15,16)(H,17,18). The monoisotopic (exact) mass is 338 g/mol. The van der Waals surface area contributed by atoms with Gasteiger partial charge < -0.3 is 19.7 Å². The van der Waals surface area contributed by atoms with Gasteiger partial charge in [-0.3, -0.25) is 4.21 Å². The molecule has 0 rings (SSSR count). The quantitative estimate of drug-likeness (QED) is 0.408. The summed E-state index contributed by atoms with van der Waals surface area (Å²) in [5, 5.41) is 16.7. The lowest BCUT2D eigenvalue weighted by atomic mass is 10.3. The second-order valence-corrected chi connectivity index (χ2v) is 6.56. The molecule has 8 heteroatoms. The Morgan fingerprint density at radius 1 is 0.727 bits per heavy atom. The Balaban J connectivity index is 3.23. The van der Waals surface area contributed by atoms with E-state index in [1.165, 1.54) is 0 Å². The first-order chi connectivity index (χ1) is 10.5. The molecule has 0 aliphatic carbocycles. The highest BCUT2D eigenvalue weighted by atomic mass is 32.2. The lowest BCUT2D eigenvalue weighted by Crippen LogP contribution is -2.08. The SMILES string of the molecule is O=C(O)COCCCCCS(=O)CCCCCOCC(=O)O. The molecule has 0 aliphatic rings. The second kappa shape index (κ2) is 14.9. The lowest BCUT2D eigenvalue weighted by molar-refractivity contribution is -0.143. The molecule has 0 spiro atoms. The zero-order valence-corrected chi connectivity index (χ0v) is 13.6. The van der Waals surface area contributed by atoms with Gasteiger partial charge in [0.25, 0.3) is 0 Å². The number of hydrogen-bond donors (Lipinski definition) is 2. The predicted molar refractivity (Wildman–Crippen MR) is 82.5 cm³/mol. The molecule has 0 fully saturated rings. The van der Waals surface area contributed by atoms with Gasteiger partial charge in [-0.2, -0.15) is 0 Å². The van der Waals surface area contributed by atoms with E-state index in [1.807, 2.05) is 0 Å². The molecule has 0 saturated carbocycles. The average molecular weight is 338 g/mol. The van der Waals surface area contributed by atoms with E-state index in [-0.39, 0.29) is 13.2 Å². The Bertz CT molecular complexity index is 303. The van der Waals surface area contributed by atoms with Gasteiger partial charge in [-0.05, 0) is 25.7 Å². The summed E-state index contributed by atoms with van der Waals surface area (Å²) in [7, 11) is -0.819. The minimum Gasteiger partial charge on any atom is -0.480 e. The van der Waals surface area contributed by atoms with Crippen LogP contribution in [0.3, 0.4) is 0 Å². The molecule has 0 aromatic heterocycles. The number of carboxylic acid groups (broad SMARTS) is 2. The highest BCUT2D eigenvalue weighted by Crippen LogP contribution is 2.02. The van der Waals surface area contributed by atoms with E-state index in [9.17, 15) is 13.8 Å². The first-order valence-corrected chi connectivity index (χ1v) is 8.95. The van der Waals surface area contributed by atoms with Gasteiger partial charge in [-0.1, -0.05) is 12.8 Å². The summed E-state index contributed by atoms with van der Waals surface area (Å²) in [5.74, 6) is -0.605. The summed E-state index contributed by atoms with van der Waals surface area (Å²) < 4.78 is 21.5. The fraction of sp³-hybridized carbons (Fsp3) is 0.857. The maximum Gasteiger partial charge on any atom is 0.329 e. The number of ether oxygens (including phenoxy) is 2. The zero-order chi connectivity index (χ0) is 16.6. The molecule has 0 radical (unpaired) electrons. The first kappa shape index (κ1) is 21.0. The number of hydrogen-bond acceptors (Lipinski definition) is 5. The molecule has 0 saturated heterocycles. The van der Waals surface area contributed by atoms with Crippen LogP contribution < -0.4 is 0 Å². The van der Waals surface area contributed by atoms with Crippen molar-refractivity contribution in [2.75, 3.05) is 37.9 Å². The molecule has 0 atom stereocenters. The van der Waals surface area contributed by atoms with Crippen molar-refractivity contribution >= 4 is 22.7 Å². The van der Waals surface area contributed by atoms with Crippen LogP contribution in [0.25, 0.3) is 0 Å². The van der Waals surface area contributed by atoms with Gasteiger partial charge in [-0.15, -0.1) is 0 Å². The largest absolute Gasteiger partial charge is 0.480 e. The Morgan fingerprint density at radius 3 is 1.50 bits per heavy atom. The number of rotatable bonds is 16. The van der Waals surface area contributed by atoms with E-state index in [4.69, 9.17) is 19.7 Å². The van der Waals surface area contributed by atoms with Gasteiger partial charge in [-0.25, -0.2) is 9.59 Å². The van der Waals surface area contributed by atoms with E-state index in [0.29, 0.717) is 24.7 Å². The summed E-state index contributed by atoms with van der Waals surface area (Å²) in [6, 6.07) is 0. The number of carbonyl (C=O) groups is 2. The van der Waals surface area contributed by atoms with Crippen molar-refractivity contribution in [3.05, 3.63) is 0 Å². The third kappa shape index (κ3) is 17.1. The van der Waals surface area contributed by atoms with Crippen molar-refractivity contribution in [3.8, 4) is 0 Å². The fourth-order valence-electron chi connectivity index (χ4n) is 1.71. The smallest absolute Gasteiger partial charge is 0.329 e. The summed E-state index contributed by atoms with van der Waals surface area (Å²) in [6.07, 6.45) is 5.04. The Labute approximate surface area is 133 Å². The van der Waals surface area contributed by atoms with Crippen molar-refractivity contribution in [3.63, 3.8) is 0 Å². The van der Waals surface area contributed by atoms with Crippen LogP contribution in [0.1, 0.15) is 38.5 Å². The number of carboxylic acids is 2. The van der Waals surface area contributed by atoms with Crippen molar-refractivity contribution in [2.24, 2.45) is 0 Å². The molecule has 7 nitrogen and oxygen atoms in total. The highest BCUT2D eigenvalue weighted by molar-refractivity contribution is 7.84. The summed E-state index contributed by atoms with van der Waals surface area (Å²) in [4.78, 5) is 20.4. The average Bonchev–Trinajstić information content (AvgIpc) is 2.44. The van der Waals surface area contributed by atoms with Gasteiger partial charge >= 0.3 is 11.9 Å². The molecule has 22 heavy (non-hydrogen) atoms. The molecule has 0 aliphatic heterocycles. The molecule has 0 aromatic carbocycles. The normalized spacial score (nSPS) is 11.0. The van der Waals surface area contributed by atoms with E-state index < -0.39 is 22.7 Å². The molecule has 2 N–H and O–H groups in total. The van der Waals surface area contributed by atoms with Crippen LogP contribution in [0, 0.1) is 0 Å². The summed E-state index contributed by atoms with van der Waals surface area (Å²) in [5.41, 5.74) is 0. The maximum atomic E-state index is 11.7. The lowest BCUT2D eigenvalue weighted by Gasteiger charge is -2.04. The van der Waals surface area contributed by atoms with Crippen molar-refractivity contribution < 1.29 is 33.5 Å². The number of aliphatic carboxylic acids is 2.